The Hall–Kier alpha value is -0.900. The van der Waals surface area contributed by atoms with Crippen LogP contribution in [0.5, 0.6) is 0 Å². The number of hydrogen-bond acceptors (Lipinski definition) is 3. The van der Waals surface area contributed by atoms with Gasteiger partial charge in [0.15, 0.2) is 6.29 Å². The molecule has 3 nitrogen and oxygen atoms in total. The first-order valence-corrected chi connectivity index (χ1v) is 11.9. The molecule has 2 rings (SSSR count). The molecule has 1 heterocycles. The summed E-state index contributed by atoms with van der Waals surface area (Å²) in [6, 6.07) is 10.2. The molecule has 3 unspecified atom stereocenters. The molecule has 0 bridgehead atoms. The minimum absolute atomic E-state index is 0.00251. The van der Waals surface area contributed by atoms with Crippen molar-refractivity contribution in [2.24, 2.45) is 5.73 Å². The Morgan fingerprint density at radius 2 is 1.32 bits per heavy atom. The van der Waals surface area contributed by atoms with Gasteiger partial charge in [0.05, 0.1) is 18.8 Å². The molecule has 0 spiro atoms. The highest BCUT2D eigenvalue weighted by Crippen LogP contribution is 2.28. The number of rotatable bonds is 15. The number of benzene rings is 1. The first-order chi connectivity index (χ1) is 13.8. The van der Waals surface area contributed by atoms with Gasteiger partial charge >= 0.3 is 0 Å². The van der Waals surface area contributed by atoms with Crippen molar-refractivity contribution < 1.29 is 9.47 Å². The fourth-order valence-corrected chi connectivity index (χ4v) is 4.04. The highest BCUT2D eigenvalue weighted by atomic mass is 16.7. The summed E-state index contributed by atoms with van der Waals surface area (Å²) in [6.07, 6.45) is 18.9. The molecule has 1 aliphatic heterocycles. The molecule has 1 fully saturated rings. The van der Waals surface area contributed by atoms with Crippen molar-refractivity contribution in [2.45, 2.75) is 115 Å². The summed E-state index contributed by atoms with van der Waals surface area (Å²) in [6.45, 7) is 2.87. The van der Waals surface area contributed by atoms with E-state index in [0.29, 0.717) is 6.61 Å². The van der Waals surface area contributed by atoms with Crippen LogP contribution in [-0.4, -0.2) is 18.8 Å². The molecule has 1 aromatic carbocycles. The zero-order valence-electron chi connectivity index (χ0n) is 18.1. The standard InChI is InChI=1S/C25H43NO2/c1-2-3-4-5-6-7-8-9-10-11-12-13-17-20-24-23(26)21-27-25(28-24)22-18-15-14-16-19-22/h14-16,18-19,23-25H,2-13,17,20-21,26H2,1H3. The molecule has 2 N–H and O–H groups in total. The van der Waals surface area contributed by atoms with Gasteiger partial charge in [0.1, 0.15) is 0 Å². The number of ether oxygens (including phenoxy) is 2. The predicted molar refractivity (Wildman–Crippen MR) is 118 cm³/mol. The van der Waals surface area contributed by atoms with Gasteiger partial charge in [0, 0.05) is 5.56 Å². The van der Waals surface area contributed by atoms with Crippen molar-refractivity contribution in [3.05, 3.63) is 35.9 Å². The highest BCUT2D eigenvalue weighted by Gasteiger charge is 2.29. The van der Waals surface area contributed by atoms with Crippen LogP contribution >= 0.6 is 0 Å². The van der Waals surface area contributed by atoms with E-state index in [1.165, 1.54) is 83.5 Å². The molecule has 1 saturated heterocycles. The van der Waals surface area contributed by atoms with E-state index in [1.807, 2.05) is 18.2 Å². The number of unbranched alkanes of at least 4 members (excludes halogenated alkanes) is 12. The third-order valence-corrected chi connectivity index (χ3v) is 5.88. The molecule has 0 radical (unpaired) electrons. The second-order valence-corrected chi connectivity index (χ2v) is 8.45. The molecule has 28 heavy (non-hydrogen) atoms. The summed E-state index contributed by atoms with van der Waals surface area (Å²) in [4.78, 5) is 0. The summed E-state index contributed by atoms with van der Waals surface area (Å²) < 4.78 is 11.9. The van der Waals surface area contributed by atoms with Gasteiger partial charge < -0.3 is 15.2 Å². The average molecular weight is 390 g/mol. The summed E-state index contributed by atoms with van der Waals surface area (Å²) >= 11 is 0. The Labute approximate surface area is 173 Å². The van der Waals surface area contributed by atoms with Crippen LogP contribution in [0.15, 0.2) is 30.3 Å². The monoisotopic (exact) mass is 389 g/mol. The largest absolute Gasteiger partial charge is 0.347 e. The van der Waals surface area contributed by atoms with E-state index in [-0.39, 0.29) is 18.4 Å². The van der Waals surface area contributed by atoms with Gasteiger partial charge in [0.25, 0.3) is 0 Å². The van der Waals surface area contributed by atoms with Gasteiger partial charge in [-0.25, -0.2) is 0 Å². The third kappa shape index (κ3) is 9.54. The third-order valence-electron chi connectivity index (χ3n) is 5.88. The lowest BCUT2D eigenvalue weighted by Crippen LogP contribution is -2.46. The Kier molecular flexibility index (Phi) is 12.5. The maximum atomic E-state index is 6.22. The number of hydrogen-bond donors (Lipinski definition) is 1. The van der Waals surface area contributed by atoms with Crippen molar-refractivity contribution in [3.8, 4) is 0 Å². The van der Waals surface area contributed by atoms with E-state index in [9.17, 15) is 0 Å². The van der Waals surface area contributed by atoms with E-state index < -0.39 is 0 Å². The van der Waals surface area contributed by atoms with Crippen LogP contribution in [0, 0.1) is 0 Å². The molecule has 0 aliphatic carbocycles. The van der Waals surface area contributed by atoms with Crippen molar-refractivity contribution in [2.75, 3.05) is 6.61 Å². The maximum Gasteiger partial charge on any atom is 0.184 e. The van der Waals surface area contributed by atoms with Crippen LogP contribution < -0.4 is 5.73 Å². The molecule has 1 aromatic rings. The predicted octanol–water partition coefficient (Wildman–Crippen LogP) is 6.91. The quantitative estimate of drug-likeness (QED) is 0.331. The molecular weight excluding hydrogens is 346 g/mol. The summed E-state index contributed by atoms with van der Waals surface area (Å²) in [5.41, 5.74) is 7.30. The Balaban J connectivity index is 1.45. The van der Waals surface area contributed by atoms with Gasteiger partial charge in [-0.05, 0) is 6.42 Å². The van der Waals surface area contributed by atoms with E-state index in [2.05, 4.69) is 19.1 Å². The fourth-order valence-electron chi connectivity index (χ4n) is 4.04. The van der Waals surface area contributed by atoms with E-state index >= 15 is 0 Å². The summed E-state index contributed by atoms with van der Waals surface area (Å²) in [7, 11) is 0. The van der Waals surface area contributed by atoms with Gasteiger partial charge in [0.2, 0.25) is 0 Å². The maximum absolute atomic E-state index is 6.22. The molecule has 1 aliphatic rings. The van der Waals surface area contributed by atoms with Gasteiger partial charge in [-0.1, -0.05) is 121 Å². The molecule has 0 saturated carbocycles. The van der Waals surface area contributed by atoms with Crippen molar-refractivity contribution in [1.82, 2.24) is 0 Å². The molecular formula is C25H43NO2. The second-order valence-electron chi connectivity index (χ2n) is 8.45. The van der Waals surface area contributed by atoms with Crippen molar-refractivity contribution >= 4 is 0 Å². The first-order valence-electron chi connectivity index (χ1n) is 11.9. The minimum Gasteiger partial charge on any atom is -0.347 e. The van der Waals surface area contributed by atoms with Crippen molar-refractivity contribution in [1.29, 1.82) is 0 Å². The SMILES string of the molecule is CCCCCCCCCCCCCCCC1OC(c2ccccc2)OCC1N. The van der Waals surface area contributed by atoms with E-state index in [1.54, 1.807) is 0 Å². The minimum atomic E-state index is -0.257. The normalized spacial score (nSPS) is 22.4. The molecule has 0 amide bonds. The Morgan fingerprint density at radius 1 is 0.786 bits per heavy atom. The van der Waals surface area contributed by atoms with Crippen LogP contribution in [0.3, 0.4) is 0 Å². The lowest BCUT2D eigenvalue weighted by molar-refractivity contribution is -0.226. The van der Waals surface area contributed by atoms with Crippen LogP contribution in [0.1, 0.15) is 109 Å². The van der Waals surface area contributed by atoms with Crippen LogP contribution in [-0.2, 0) is 9.47 Å². The smallest absolute Gasteiger partial charge is 0.184 e. The fraction of sp³-hybridized carbons (Fsp3) is 0.760. The summed E-state index contributed by atoms with van der Waals surface area (Å²) in [5.74, 6) is 0. The van der Waals surface area contributed by atoms with Crippen molar-refractivity contribution in [3.63, 3.8) is 0 Å². The second kappa shape index (κ2) is 15.0. The molecule has 160 valence electrons. The van der Waals surface area contributed by atoms with Gasteiger partial charge in [-0.3, -0.25) is 0 Å². The highest BCUT2D eigenvalue weighted by molar-refractivity contribution is 5.16. The first kappa shape index (κ1) is 23.4. The topological polar surface area (TPSA) is 44.5 Å². The average Bonchev–Trinajstić information content (AvgIpc) is 2.73. The zero-order valence-corrected chi connectivity index (χ0v) is 18.1. The molecule has 0 aromatic heterocycles. The molecule has 3 atom stereocenters. The van der Waals surface area contributed by atoms with Crippen LogP contribution in [0.2, 0.25) is 0 Å². The Morgan fingerprint density at radius 3 is 1.89 bits per heavy atom. The van der Waals surface area contributed by atoms with E-state index in [4.69, 9.17) is 15.2 Å². The summed E-state index contributed by atoms with van der Waals surface area (Å²) in [5, 5.41) is 0. The lowest BCUT2D eigenvalue weighted by atomic mass is 10.0. The lowest BCUT2D eigenvalue weighted by Gasteiger charge is -2.35. The zero-order chi connectivity index (χ0) is 19.9. The Bertz CT molecular complexity index is 479. The van der Waals surface area contributed by atoms with Gasteiger partial charge in [-0.2, -0.15) is 0 Å². The van der Waals surface area contributed by atoms with Crippen LogP contribution in [0.4, 0.5) is 0 Å². The number of nitrogens with two attached hydrogens (primary N) is 1. The van der Waals surface area contributed by atoms with Gasteiger partial charge in [-0.15, -0.1) is 0 Å². The van der Waals surface area contributed by atoms with Crippen LogP contribution in [0.25, 0.3) is 0 Å². The van der Waals surface area contributed by atoms with E-state index in [0.717, 1.165) is 12.0 Å². The molecule has 3 heteroatoms.